The summed E-state index contributed by atoms with van der Waals surface area (Å²) in [7, 11) is 0. The molecule has 20 heavy (non-hydrogen) atoms. The number of ether oxygens (including phenoxy) is 2. The highest BCUT2D eigenvalue weighted by molar-refractivity contribution is 5.14. The van der Waals surface area contributed by atoms with Crippen LogP contribution in [-0.2, 0) is 16.0 Å². The van der Waals surface area contributed by atoms with Crippen molar-refractivity contribution < 1.29 is 9.47 Å². The van der Waals surface area contributed by atoms with Gasteiger partial charge in [-0.1, -0.05) is 6.92 Å². The molecule has 0 aliphatic carbocycles. The van der Waals surface area contributed by atoms with Crippen molar-refractivity contribution >= 4 is 0 Å². The molecule has 1 fully saturated rings. The van der Waals surface area contributed by atoms with E-state index >= 15 is 0 Å². The van der Waals surface area contributed by atoms with Crippen molar-refractivity contribution in [2.45, 2.75) is 51.3 Å². The monoisotopic (exact) mass is 282 g/mol. The summed E-state index contributed by atoms with van der Waals surface area (Å²) in [5.74, 6) is 5.86. The number of nitrogens with one attached hydrogen (secondary N) is 1. The normalized spacial score (nSPS) is 19.9. The third-order valence-corrected chi connectivity index (χ3v) is 3.94. The maximum atomic E-state index is 6.12. The lowest BCUT2D eigenvalue weighted by atomic mass is 9.84. The van der Waals surface area contributed by atoms with Crippen LogP contribution in [0.25, 0.3) is 0 Å². The lowest BCUT2D eigenvalue weighted by molar-refractivity contribution is -0.129. The van der Waals surface area contributed by atoms with Crippen LogP contribution in [0.1, 0.15) is 44.8 Å². The largest absolute Gasteiger partial charge is 0.381 e. The minimum absolute atomic E-state index is 0.0691. The third-order valence-electron chi connectivity index (χ3n) is 3.94. The first kappa shape index (κ1) is 15.4. The van der Waals surface area contributed by atoms with E-state index in [9.17, 15) is 0 Å². The lowest BCUT2D eigenvalue weighted by Crippen LogP contribution is -2.52. The smallest absolute Gasteiger partial charge is 0.0948 e. The van der Waals surface area contributed by atoms with Crippen molar-refractivity contribution in [3.63, 3.8) is 0 Å². The maximum Gasteiger partial charge on any atom is 0.0948 e. The molecule has 6 nitrogen and oxygen atoms in total. The summed E-state index contributed by atoms with van der Waals surface area (Å²) in [4.78, 5) is 0. The van der Waals surface area contributed by atoms with Gasteiger partial charge in [0.05, 0.1) is 17.3 Å². The standard InChI is InChI=1S/C14H26N4O2/c1-3-9-18-12(5-8-16-18)13(17-15)14(20-4-2)6-10-19-11-7-14/h5,8,13,17H,3-4,6-7,9-11,15H2,1-2H3. The predicted molar refractivity (Wildman–Crippen MR) is 77.0 cm³/mol. The van der Waals surface area contributed by atoms with E-state index in [0.29, 0.717) is 19.8 Å². The average molecular weight is 282 g/mol. The summed E-state index contributed by atoms with van der Waals surface area (Å²) in [6.07, 6.45) is 4.55. The topological polar surface area (TPSA) is 74.3 Å². The Kier molecular flexibility index (Phi) is 5.54. The molecule has 0 spiro atoms. The Labute approximate surface area is 120 Å². The molecule has 0 radical (unpaired) electrons. The van der Waals surface area contributed by atoms with Crippen LogP contribution in [0.5, 0.6) is 0 Å². The molecule has 2 rings (SSSR count). The van der Waals surface area contributed by atoms with Crippen LogP contribution in [0.15, 0.2) is 12.3 Å². The molecule has 114 valence electrons. The van der Waals surface area contributed by atoms with E-state index in [0.717, 1.165) is 31.5 Å². The Morgan fingerprint density at radius 1 is 1.50 bits per heavy atom. The quantitative estimate of drug-likeness (QED) is 0.584. The third kappa shape index (κ3) is 3.03. The van der Waals surface area contributed by atoms with Gasteiger partial charge in [-0.2, -0.15) is 5.10 Å². The van der Waals surface area contributed by atoms with Crippen molar-refractivity contribution in [1.29, 1.82) is 0 Å². The number of aryl methyl sites for hydroxylation is 1. The van der Waals surface area contributed by atoms with Crippen LogP contribution in [0.4, 0.5) is 0 Å². The number of rotatable bonds is 7. The molecule has 0 saturated carbocycles. The van der Waals surface area contributed by atoms with Gasteiger partial charge in [0.2, 0.25) is 0 Å². The van der Waals surface area contributed by atoms with Gasteiger partial charge in [-0.05, 0) is 19.4 Å². The van der Waals surface area contributed by atoms with Crippen molar-refractivity contribution in [1.82, 2.24) is 15.2 Å². The van der Waals surface area contributed by atoms with Crippen molar-refractivity contribution in [2.24, 2.45) is 5.84 Å². The second-order valence-electron chi connectivity index (χ2n) is 5.19. The molecular formula is C14H26N4O2. The van der Waals surface area contributed by atoms with Gasteiger partial charge in [0.15, 0.2) is 0 Å². The molecule has 1 aliphatic rings. The average Bonchev–Trinajstić information content (AvgIpc) is 2.90. The van der Waals surface area contributed by atoms with Gasteiger partial charge in [-0.15, -0.1) is 0 Å². The zero-order chi connectivity index (χ0) is 14.4. The van der Waals surface area contributed by atoms with Crippen LogP contribution < -0.4 is 11.3 Å². The fourth-order valence-electron chi connectivity index (χ4n) is 3.01. The van der Waals surface area contributed by atoms with E-state index in [-0.39, 0.29) is 11.6 Å². The summed E-state index contributed by atoms with van der Waals surface area (Å²) >= 11 is 0. The van der Waals surface area contributed by atoms with Gasteiger partial charge in [0.1, 0.15) is 0 Å². The first-order valence-corrected chi connectivity index (χ1v) is 7.47. The lowest BCUT2D eigenvalue weighted by Gasteiger charge is -2.42. The van der Waals surface area contributed by atoms with E-state index in [4.69, 9.17) is 15.3 Å². The highest BCUT2D eigenvalue weighted by Crippen LogP contribution is 2.37. The Hall–Kier alpha value is -0.950. The molecule has 1 aromatic rings. The zero-order valence-corrected chi connectivity index (χ0v) is 12.5. The van der Waals surface area contributed by atoms with Crippen molar-refractivity contribution in [3.8, 4) is 0 Å². The molecule has 1 unspecified atom stereocenters. The van der Waals surface area contributed by atoms with Crippen LogP contribution in [0.3, 0.4) is 0 Å². The number of hydrazine groups is 1. The minimum atomic E-state index is -0.312. The molecule has 1 aromatic heterocycles. The first-order valence-electron chi connectivity index (χ1n) is 7.47. The summed E-state index contributed by atoms with van der Waals surface area (Å²) in [5.41, 5.74) is 3.73. The minimum Gasteiger partial charge on any atom is -0.381 e. The van der Waals surface area contributed by atoms with Gasteiger partial charge < -0.3 is 9.47 Å². The van der Waals surface area contributed by atoms with E-state index < -0.39 is 0 Å². The molecule has 6 heteroatoms. The van der Waals surface area contributed by atoms with Gasteiger partial charge in [-0.3, -0.25) is 10.5 Å². The van der Waals surface area contributed by atoms with E-state index in [1.807, 2.05) is 23.9 Å². The van der Waals surface area contributed by atoms with Crippen LogP contribution >= 0.6 is 0 Å². The van der Waals surface area contributed by atoms with Crippen molar-refractivity contribution in [2.75, 3.05) is 19.8 Å². The summed E-state index contributed by atoms with van der Waals surface area (Å²) < 4.78 is 13.6. The molecular weight excluding hydrogens is 256 g/mol. The molecule has 0 amide bonds. The number of hydrogen-bond acceptors (Lipinski definition) is 5. The van der Waals surface area contributed by atoms with Crippen molar-refractivity contribution in [3.05, 3.63) is 18.0 Å². The van der Waals surface area contributed by atoms with Crippen LogP contribution in [0, 0.1) is 0 Å². The van der Waals surface area contributed by atoms with Gasteiger partial charge in [0.25, 0.3) is 0 Å². The van der Waals surface area contributed by atoms with E-state index in [1.54, 1.807) is 0 Å². The van der Waals surface area contributed by atoms with Gasteiger partial charge >= 0.3 is 0 Å². The van der Waals surface area contributed by atoms with Gasteiger partial charge in [0, 0.05) is 45.4 Å². The summed E-state index contributed by atoms with van der Waals surface area (Å²) in [6, 6.07) is 1.96. The highest BCUT2D eigenvalue weighted by Gasteiger charge is 2.43. The Morgan fingerprint density at radius 3 is 2.85 bits per heavy atom. The molecule has 1 atom stereocenters. The fourth-order valence-corrected chi connectivity index (χ4v) is 3.01. The van der Waals surface area contributed by atoms with E-state index in [1.165, 1.54) is 0 Å². The SMILES string of the molecule is CCCn1nccc1C(NN)C1(OCC)CCOCC1. The van der Waals surface area contributed by atoms with Crippen LogP contribution in [0.2, 0.25) is 0 Å². The van der Waals surface area contributed by atoms with Crippen LogP contribution in [-0.4, -0.2) is 35.2 Å². The molecule has 1 aliphatic heterocycles. The predicted octanol–water partition coefficient (Wildman–Crippen LogP) is 1.38. The maximum absolute atomic E-state index is 6.12. The molecule has 3 N–H and O–H groups in total. The number of nitrogens with zero attached hydrogens (tertiary/aromatic N) is 2. The number of aromatic nitrogens is 2. The molecule has 0 bridgehead atoms. The number of hydrogen-bond donors (Lipinski definition) is 2. The Morgan fingerprint density at radius 2 is 2.25 bits per heavy atom. The second-order valence-corrected chi connectivity index (χ2v) is 5.19. The van der Waals surface area contributed by atoms with Gasteiger partial charge in [-0.25, -0.2) is 5.43 Å². The first-order chi connectivity index (χ1) is 9.77. The summed E-state index contributed by atoms with van der Waals surface area (Å²) in [5, 5.41) is 4.40. The van der Waals surface area contributed by atoms with E-state index in [2.05, 4.69) is 17.4 Å². The molecule has 0 aromatic carbocycles. The number of nitrogens with two attached hydrogens (primary N) is 1. The molecule has 1 saturated heterocycles. The Balaban J connectivity index is 2.29. The summed E-state index contributed by atoms with van der Waals surface area (Å²) in [6.45, 7) is 7.14. The zero-order valence-electron chi connectivity index (χ0n) is 12.5. The fraction of sp³-hybridized carbons (Fsp3) is 0.786. The highest BCUT2D eigenvalue weighted by atomic mass is 16.5. The Bertz CT molecular complexity index is 396. The molecule has 2 heterocycles. The second kappa shape index (κ2) is 7.17.